The molecule has 146 heavy (non-hydrogen) atoms. The Balaban J connectivity index is 0.000000363. The molecule has 17 N–H and O–H groups in total. The van der Waals surface area contributed by atoms with Crippen molar-refractivity contribution in [3.8, 4) is 0 Å². The number of ether oxygens (including phenoxy) is 5. The number of hydrogen-bond acceptors (Lipinski definition) is 25. The lowest BCUT2D eigenvalue weighted by Crippen LogP contribution is -3.00. The van der Waals surface area contributed by atoms with E-state index < -0.39 is 156 Å². The predicted octanol–water partition coefficient (Wildman–Crippen LogP) is 7.02. The fourth-order valence-corrected chi connectivity index (χ4v) is 18.2. The number of allylic oxidation sites excluding steroid dienone is 15. The van der Waals surface area contributed by atoms with Crippen LogP contribution in [0.3, 0.4) is 0 Å². The maximum Gasteiger partial charge on any atom is 0.366 e. The van der Waals surface area contributed by atoms with Crippen molar-refractivity contribution in [2.45, 2.75) is 222 Å². The van der Waals surface area contributed by atoms with Crippen LogP contribution in [0.1, 0.15) is 214 Å². The second-order valence-electron chi connectivity index (χ2n) is 38.5. The molecule has 33 heteroatoms. The number of carboxylic acid groups (broad SMARTS) is 4. The van der Waals surface area contributed by atoms with Gasteiger partial charge in [-0.05, 0) is 175 Å². The molecule has 0 aliphatic heterocycles. The predicted molar refractivity (Wildman–Crippen MR) is 540 cm³/mol. The van der Waals surface area contributed by atoms with Gasteiger partial charge in [-0.2, -0.15) is 0 Å². The first-order chi connectivity index (χ1) is 66.7. The Hall–Kier alpha value is -12.7. The van der Waals surface area contributed by atoms with Crippen LogP contribution in [0.5, 0.6) is 0 Å². The number of quaternary nitrogens is 2. The molecule has 5 fully saturated rings. The molecule has 15 rings (SSSR count). The summed E-state index contributed by atoms with van der Waals surface area (Å²) in [6, 6.07) is 42.8. The fourth-order valence-electron chi connectivity index (χ4n) is 18.2. The lowest BCUT2D eigenvalue weighted by atomic mass is 9.90. The van der Waals surface area contributed by atoms with Crippen LogP contribution < -0.4 is 47.3 Å². The Morgan fingerprint density at radius 1 is 0.349 bits per heavy atom. The van der Waals surface area contributed by atoms with E-state index in [9.17, 15) is 67.1 Å². The van der Waals surface area contributed by atoms with Crippen LogP contribution in [0.4, 0.5) is 0 Å². The number of likely N-dealkylation sites (N-methyl/N-ethyl adjacent to an activating group) is 1. The molecule has 18 atom stereocenters. The largest absolute Gasteiger partial charge is 1.00 e. The molecule has 0 bridgehead atoms. The number of aliphatic hydroxyl groups is 4. The van der Waals surface area contributed by atoms with E-state index in [1.54, 1.807) is 154 Å². The van der Waals surface area contributed by atoms with E-state index in [4.69, 9.17) is 70.3 Å². The average Bonchev–Trinajstić information content (AvgIpc) is 1.65. The average molecular weight is 2060 g/mol. The van der Waals surface area contributed by atoms with Gasteiger partial charge in [0.2, 0.25) is 12.1 Å². The van der Waals surface area contributed by atoms with E-state index in [0.717, 1.165) is 63.8 Å². The van der Waals surface area contributed by atoms with Gasteiger partial charge < -0.3 is 112 Å². The molecular weight excluding hydrogens is 1920 g/mol. The minimum absolute atomic E-state index is 0. The highest BCUT2D eigenvalue weighted by Crippen LogP contribution is 2.51. The number of aliphatic hydroxyl groups excluding tert-OH is 4. The van der Waals surface area contributed by atoms with Crippen molar-refractivity contribution in [3.05, 3.63) is 296 Å². The normalized spacial score (nSPS) is 21.5. The summed E-state index contributed by atoms with van der Waals surface area (Å²) in [5.41, 5.74) is 21.2. The standard InChI is InChI=1S/C25H31NO5.2C20H21NO5.2C16H14O3.C9H18O3.C4H11NO3.3CH4.2ClH/c1-15(21(26-5)24(29)31-25(2,3)4)30-23(28)20-14-12-17-18(20)11-13-19(17)22(27)16-9-7-6-8-10-16;2*1-11(17(21)19(23)24)26-20(25)16-10-8-13-14(16)7-9-15(13)18(22)12-5-3-2-4-6-12;2*17-15(10-4-2-1-3-5-10)13-8-6-12-11(13)7-9-14(12)16(18)19;1-6(7(2)10)8(11)12-9(3,4)5;5-4(1-6,2-7)3-8;;;;;/h6-11,13,15,17,20-21,26H,12,14H2,1-5H3;2*2-7,9,11,13,16-17H,8,10,21H2,1H3,(H,23,24);2*1-6,8,11,14H,7,9H2,(H,18,19);6-7,10H,1-5H3;6-8H,1-3,5H2;3*1H4;2*1H/t15-,17?,20?,21+;11-,13?,16?,17+;11-,13?,16+,17+;;;6-,7+;;;;;;/m111..0....../s1. The van der Waals surface area contributed by atoms with Crippen LogP contribution in [0.15, 0.2) is 268 Å². The van der Waals surface area contributed by atoms with Gasteiger partial charge >= 0.3 is 53.7 Å². The van der Waals surface area contributed by atoms with E-state index in [2.05, 4.69) is 16.8 Å². The van der Waals surface area contributed by atoms with Crippen molar-refractivity contribution in [2.75, 3.05) is 26.9 Å². The smallest absolute Gasteiger partial charge is 0.366 e. The molecule has 792 valence electrons. The third kappa shape index (κ3) is 32.4. The topological polar surface area (TPSA) is 540 Å². The minimum atomic E-state index is -1.21. The number of nitrogens with one attached hydrogen (secondary N) is 1. The number of carbonyl (C=O) groups is 14. The molecule has 10 aliphatic rings. The highest BCUT2D eigenvalue weighted by atomic mass is 35.5. The van der Waals surface area contributed by atoms with Crippen molar-refractivity contribution >= 4 is 82.6 Å². The molecular formula is C113H144Cl2N4O27. The van der Waals surface area contributed by atoms with Gasteiger partial charge in [0.1, 0.15) is 23.3 Å². The van der Waals surface area contributed by atoms with Gasteiger partial charge in [-0.15, -0.1) is 0 Å². The number of carboxylic acids is 4. The van der Waals surface area contributed by atoms with Crippen LogP contribution in [0.2, 0.25) is 0 Å². The molecule has 0 heterocycles. The van der Waals surface area contributed by atoms with Crippen molar-refractivity contribution in [1.29, 1.82) is 0 Å². The van der Waals surface area contributed by atoms with Gasteiger partial charge in [0.25, 0.3) is 0 Å². The Morgan fingerprint density at radius 2 is 0.562 bits per heavy atom. The molecule has 31 nitrogen and oxygen atoms in total. The first kappa shape index (κ1) is 126. The number of nitrogens with two attached hydrogens (primary N) is 1. The molecule has 5 saturated carbocycles. The van der Waals surface area contributed by atoms with Crippen molar-refractivity contribution in [1.82, 2.24) is 5.32 Å². The van der Waals surface area contributed by atoms with Crippen LogP contribution in [-0.4, -0.2) is 210 Å². The minimum Gasteiger partial charge on any atom is -1.00 e. The van der Waals surface area contributed by atoms with Crippen LogP contribution in [0.25, 0.3) is 0 Å². The number of fused-ring (bicyclic) bond motifs is 5. The van der Waals surface area contributed by atoms with Crippen LogP contribution in [-0.2, 0) is 66.8 Å². The second-order valence-corrected chi connectivity index (χ2v) is 38.5. The van der Waals surface area contributed by atoms with Gasteiger partial charge in [-0.3, -0.25) is 57.5 Å². The van der Waals surface area contributed by atoms with E-state index in [1.165, 1.54) is 13.8 Å². The summed E-state index contributed by atoms with van der Waals surface area (Å²) in [5, 5.41) is 73.2. The number of Topliss-reactive ketones (excluding diaryl/α,β-unsaturated/α-hetero) is 5. The van der Waals surface area contributed by atoms with Gasteiger partial charge in [0, 0.05) is 85.3 Å². The summed E-state index contributed by atoms with van der Waals surface area (Å²) < 4.78 is 26.8. The number of benzene rings is 5. The maximum atomic E-state index is 12.9. The third-order valence-corrected chi connectivity index (χ3v) is 26.4. The highest BCUT2D eigenvalue weighted by Gasteiger charge is 2.48. The zero-order valence-electron chi connectivity index (χ0n) is 82.4. The number of ketones is 5. The number of carbonyl (C=O) groups excluding carboxylic acids is 10. The van der Waals surface area contributed by atoms with Crippen molar-refractivity contribution in [3.63, 3.8) is 0 Å². The number of esters is 5. The summed E-state index contributed by atoms with van der Waals surface area (Å²) in [4.78, 5) is 169. The molecule has 0 saturated heterocycles. The number of aliphatic carboxylic acids is 4. The zero-order chi connectivity index (χ0) is 104. The number of hydrogen-bond donors (Lipinski definition) is 12. The summed E-state index contributed by atoms with van der Waals surface area (Å²) in [6.07, 6.45) is 22.0. The first-order valence-corrected chi connectivity index (χ1v) is 47.4. The van der Waals surface area contributed by atoms with E-state index in [1.807, 2.05) is 127 Å². The zero-order valence-corrected chi connectivity index (χ0v) is 83.9. The Labute approximate surface area is 866 Å². The van der Waals surface area contributed by atoms with Gasteiger partial charge in [-0.25, -0.2) is 9.59 Å². The van der Waals surface area contributed by atoms with E-state index >= 15 is 0 Å². The molecule has 9 unspecified atom stereocenters. The lowest BCUT2D eigenvalue weighted by molar-refractivity contribution is -0.423. The third-order valence-electron chi connectivity index (χ3n) is 26.4. The van der Waals surface area contributed by atoms with Crippen LogP contribution >= 0.6 is 0 Å². The summed E-state index contributed by atoms with van der Waals surface area (Å²) in [7, 11) is 1.63. The van der Waals surface area contributed by atoms with Gasteiger partial charge in [0.05, 0.1) is 67.0 Å². The molecule has 0 aromatic heterocycles. The Morgan fingerprint density at radius 3 is 0.753 bits per heavy atom. The molecule has 5 aromatic carbocycles. The number of rotatable bonds is 30. The molecule has 0 spiro atoms. The monoisotopic (exact) mass is 2060 g/mol. The first-order valence-electron chi connectivity index (χ1n) is 47.4. The number of halogens is 2. The van der Waals surface area contributed by atoms with Crippen LogP contribution in [0, 0.1) is 65.1 Å². The highest BCUT2D eigenvalue weighted by molar-refractivity contribution is 6.13. The van der Waals surface area contributed by atoms with Crippen molar-refractivity contribution < 1.29 is 168 Å². The quantitative estimate of drug-likeness (QED) is 0.0125. The Kier molecular flexibility index (Phi) is 48.9. The van der Waals surface area contributed by atoms with E-state index in [0.29, 0.717) is 83.9 Å². The second kappa shape index (κ2) is 56.9. The van der Waals surface area contributed by atoms with E-state index in [-0.39, 0.29) is 118 Å². The summed E-state index contributed by atoms with van der Waals surface area (Å²) in [5.74, 6) is -8.55. The van der Waals surface area contributed by atoms with Gasteiger partial charge in [0.15, 0.2) is 41.1 Å². The fraction of sp³-hybridized carbons (Fsp3) is 0.434. The maximum absolute atomic E-state index is 12.9. The molecule has 5 aromatic rings. The SMILES string of the molecule is C.C.C.CN[C@H](C(=O)OC(C)(C)C)[C@@H](C)OC(=O)C1CCC2C(C(=O)c3ccccc3)=CC=C12.C[C@@H](OC(=O)C1CCC2C(C(=O)c3ccccc3)=CC=C12)[C@H]([NH3+])C(=O)O.C[C@@H](OC(=O)[C@H]1CCC2C(C(=O)c3ccccc3)=CC=C21)[C@H]([NH3+])C(=O)O.C[C@H](C(=O)OC(C)(C)C)[C@@H](C)O.NC(CO)(CO)CO.O=C(C1=CC=C2C(C(=O)O)CCC12)c1ccccc1.O=C(C1=CC=C2C(C(=O)O)CCC12)c1ccccc1.[Cl-].[Cl-]. The lowest BCUT2D eigenvalue weighted by Gasteiger charge is -2.27. The summed E-state index contributed by atoms with van der Waals surface area (Å²) >= 11 is 0. The van der Waals surface area contributed by atoms with Gasteiger partial charge in [-0.1, -0.05) is 235 Å². The summed E-state index contributed by atoms with van der Waals surface area (Å²) in [6.45, 7) is 17.6. The molecule has 10 aliphatic carbocycles. The molecule has 0 radical (unpaired) electrons. The molecule has 0 amide bonds. The Bertz CT molecular complexity index is 5490. The van der Waals surface area contributed by atoms with Crippen molar-refractivity contribution in [2.24, 2.45) is 70.8 Å².